The Kier molecular flexibility index (Phi) is 4.78. The third-order valence-electron chi connectivity index (χ3n) is 6.47. The molecule has 0 saturated carbocycles. The summed E-state index contributed by atoms with van der Waals surface area (Å²) in [5.41, 5.74) is 2.02. The van der Waals surface area contributed by atoms with Crippen LogP contribution < -0.4 is 0 Å². The van der Waals surface area contributed by atoms with Gasteiger partial charge in [-0.05, 0) is 55.3 Å². The highest BCUT2D eigenvalue weighted by Gasteiger charge is 2.30. The minimum Gasteiger partial charge on any atom is -0.370 e. The number of aromatic nitrogens is 3. The van der Waals surface area contributed by atoms with E-state index in [1.165, 1.54) is 15.0 Å². The highest BCUT2D eigenvalue weighted by molar-refractivity contribution is 7.19. The van der Waals surface area contributed by atoms with E-state index in [1.807, 2.05) is 23.6 Å². The maximum absolute atomic E-state index is 6.01. The number of fused-ring (bicyclic) bond motifs is 2. The average Bonchev–Trinajstić information content (AvgIpc) is 3.51. The summed E-state index contributed by atoms with van der Waals surface area (Å²) in [4.78, 5) is 13.7. The van der Waals surface area contributed by atoms with E-state index in [1.54, 1.807) is 0 Å². The van der Waals surface area contributed by atoms with Gasteiger partial charge in [0.1, 0.15) is 17.4 Å². The molecule has 30 heavy (non-hydrogen) atoms. The first kappa shape index (κ1) is 18.5. The SMILES string of the molecule is c1ccc2sc(CN3CCC(n4c(C5CCCO5)nc5cccnc54)CC3)cc2c1. The van der Waals surface area contributed by atoms with Crippen molar-refractivity contribution in [1.82, 2.24) is 19.4 Å². The lowest BCUT2D eigenvalue weighted by atomic mass is 10.0. The van der Waals surface area contributed by atoms with Crippen LogP contribution in [0.15, 0.2) is 48.7 Å². The third kappa shape index (κ3) is 3.33. The third-order valence-corrected chi connectivity index (χ3v) is 7.57. The number of piperidine rings is 1. The van der Waals surface area contributed by atoms with Gasteiger partial charge in [-0.2, -0.15) is 0 Å². The summed E-state index contributed by atoms with van der Waals surface area (Å²) in [6, 6.07) is 15.5. The number of imidazole rings is 1. The summed E-state index contributed by atoms with van der Waals surface area (Å²) in [5.74, 6) is 1.09. The largest absolute Gasteiger partial charge is 0.370 e. The van der Waals surface area contributed by atoms with Gasteiger partial charge in [0.25, 0.3) is 0 Å². The lowest BCUT2D eigenvalue weighted by Gasteiger charge is -2.33. The fraction of sp³-hybridized carbons (Fsp3) is 0.417. The predicted molar refractivity (Wildman–Crippen MR) is 121 cm³/mol. The van der Waals surface area contributed by atoms with Crippen LogP contribution in [0.1, 0.15) is 48.5 Å². The van der Waals surface area contributed by atoms with E-state index in [2.05, 4.69) is 45.9 Å². The number of nitrogens with zero attached hydrogens (tertiary/aromatic N) is 4. The number of rotatable bonds is 4. The first-order valence-corrected chi connectivity index (χ1v) is 11.8. The number of hydrogen-bond donors (Lipinski definition) is 0. The summed E-state index contributed by atoms with van der Waals surface area (Å²) in [7, 11) is 0. The molecule has 5 heterocycles. The molecule has 0 radical (unpaired) electrons. The Morgan fingerprint density at radius 2 is 1.97 bits per heavy atom. The van der Waals surface area contributed by atoms with Gasteiger partial charge in [0.2, 0.25) is 0 Å². The molecule has 2 saturated heterocycles. The second-order valence-electron chi connectivity index (χ2n) is 8.45. The van der Waals surface area contributed by atoms with E-state index in [-0.39, 0.29) is 6.10 Å². The summed E-state index contributed by atoms with van der Waals surface area (Å²) in [6.07, 6.45) is 6.45. The van der Waals surface area contributed by atoms with Crippen molar-refractivity contribution >= 4 is 32.6 Å². The predicted octanol–water partition coefficient (Wildman–Crippen LogP) is 5.33. The molecule has 0 spiro atoms. The molecule has 6 rings (SSSR count). The monoisotopic (exact) mass is 418 g/mol. The molecule has 1 aromatic carbocycles. The summed E-state index contributed by atoms with van der Waals surface area (Å²) in [6.45, 7) is 4.11. The van der Waals surface area contributed by atoms with Gasteiger partial charge in [-0.1, -0.05) is 18.2 Å². The Hall–Kier alpha value is -2.28. The number of thiophene rings is 1. The van der Waals surface area contributed by atoms with Gasteiger partial charge in [-0.15, -0.1) is 11.3 Å². The zero-order chi connectivity index (χ0) is 19.9. The number of ether oxygens (including phenoxy) is 1. The molecule has 0 bridgehead atoms. The van der Waals surface area contributed by atoms with Gasteiger partial charge in [0.15, 0.2) is 5.65 Å². The molecule has 1 atom stereocenters. The Bertz CT molecular complexity index is 1140. The van der Waals surface area contributed by atoms with E-state index in [9.17, 15) is 0 Å². The molecule has 2 fully saturated rings. The number of benzene rings is 1. The Balaban J connectivity index is 1.21. The molecule has 4 aromatic rings. The van der Waals surface area contributed by atoms with Gasteiger partial charge in [-0.3, -0.25) is 4.90 Å². The van der Waals surface area contributed by atoms with Crippen LogP contribution in [0.25, 0.3) is 21.3 Å². The number of likely N-dealkylation sites (tertiary alicyclic amines) is 1. The molecular formula is C24H26N4OS. The minimum atomic E-state index is 0.121. The standard InChI is InChI=1S/C24H26N4OS/c1-2-8-22-17(5-1)15-19(30-22)16-27-12-9-18(10-13-27)28-23-20(6-3-11-25-23)26-24(28)21-7-4-14-29-21/h1-3,5-6,8,11,15,18,21H,4,7,9-10,12-14,16H2. The van der Waals surface area contributed by atoms with E-state index < -0.39 is 0 Å². The van der Waals surface area contributed by atoms with Gasteiger partial charge < -0.3 is 9.30 Å². The molecule has 1 unspecified atom stereocenters. The van der Waals surface area contributed by atoms with Crippen molar-refractivity contribution in [2.45, 2.75) is 44.4 Å². The molecule has 2 aliphatic heterocycles. The summed E-state index contributed by atoms with van der Waals surface area (Å²) in [5, 5.41) is 1.37. The second kappa shape index (κ2) is 7.76. The van der Waals surface area contributed by atoms with Crippen LogP contribution in [0.2, 0.25) is 0 Å². The fourth-order valence-electron chi connectivity index (χ4n) is 4.99. The lowest BCUT2D eigenvalue weighted by Crippen LogP contribution is -2.34. The average molecular weight is 419 g/mol. The molecular weight excluding hydrogens is 392 g/mol. The van der Waals surface area contributed by atoms with Crippen LogP contribution in [0.4, 0.5) is 0 Å². The first-order chi connectivity index (χ1) is 14.8. The molecule has 0 N–H and O–H groups in total. The molecule has 0 aliphatic carbocycles. The van der Waals surface area contributed by atoms with Crippen LogP contribution >= 0.6 is 11.3 Å². The molecule has 0 amide bonds. The molecule has 5 nitrogen and oxygen atoms in total. The zero-order valence-electron chi connectivity index (χ0n) is 17.0. The molecule has 6 heteroatoms. The van der Waals surface area contributed by atoms with E-state index in [0.29, 0.717) is 6.04 Å². The van der Waals surface area contributed by atoms with Crippen molar-refractivity contribution in [3.05, 3.63) is 59.4 Å². The first-order valence-electron chi connectivity index (χ1n) is 11.0. The van der Waals surface area contributed by atoms with E-state index >= 15 is 0 Å². The number of pyridine rings is 1. The van der Waals surface area contributed by atoms with E-state index in [4.69, 9.17) is 14.7 Å². The van der Waals surface area contributed by atoms with Crippen LogP contribution in [-0.4, -0.2) is 39.1 Å². The van der Waals surface area contributed by atoms with Gasteiger partial charge >= 0.3 is 0 Å². The van der Waals surface area contributed by atoms with Crippen LogP contribution in [0.3, 0.4) is 0 Å². The van der Waals surface area contributed by atoms with Crippen molar-refractivity contribution in [2.24, 2.45) is 0 Å². The van der Waals surface area contributed by atoms with Gasteiger partial charge in [0.05, 0.1) is 0 Å². The van der Waals surface area contributed by atoms with Crippen molar-refractivity contribution in [2.75, 3.05) is 19.7 Å². The quantitative estimate of drug-likeness (QED) is 0.449. The Morgan fingerprint density at radius 1 is 1.07 bits per heavy atom. The smallest absolute Gasteiger partial charge is 0.160 e. The van der Waals surface area contributed by atoms with Crippen molar-refractivity contribution < 1.29 is 4.74 Å². The van der Waals surface area contributed by atoms with Crippen molar-refractivity contribution in [3.8, 4) is 0 Å². The Morgan fingerprint density at radius 3 is 2.80 bits per heavy atom. The summed E-state index contributed by atoms with van der Waals surface area (Å²) >= 11 is 1.93. The van der Waals surface area contributed by atoms with E-state index in [0.717, 1.165) is 68.9 Å². The molecule has 2 aliphatic rings. The second-order valence-corrected chi connectivity index (χ2v) is 9.61. The zero-order valence-corrected chi connectivity index (χ0v) is 17.9. The van der Waals surface area contributed by atoms with Gasteiger partial charge in [0, 0.05) is 48.1 Å². The van der Waals surface area contributed by atoms with Crippen molar-refractivity contribution in [3.63, 3.8) is 0 Å². The summed E-state index contributed by atoms with van der Waals surface area (Å²) < 4.78 is 9.80. The maximum Gasteiger partial charge on any atom is 0.160 e. The highest BCUT2D eigenvalue weighted by Crippen LogP contribution is 2.36. The Labute approximate surface area is 180 Å². The fourth-order valence-corrected chi connectivity index (χ4v) is 6.09. The lowest BCUT2D eigenvalue weighted by molar-refractivity contribution is 0.0971. The topological polar surface area (TPSA) is 43.2 Å². The van der Waals surface area contributed by atoms with Crippen LogP contribution in [0.5, 0.6) is 0 Å². The van der Waals surface area contributed by atoms with Crippen molar-refractivity contribution in [1.29, 1.82) is 0 Å². The number of hydrogen-bond acceptors (Lipinski definition) is 5. The van der Waals surface area contributed by atoms with Crippen LogP contribution in [0, 0.1) is 0 Å². The highest BCUT2D eigenvalue weighted by atomic mass is 32.1. The normalized spacial score (nSPS) is 21.1. The molecule has 3 aromatic heterocycles. The maximum atomic E-state index is 6.01. The molecule has 154 valence electrons. The minimum absolute atomic E-state index is 0.121. The van der Waals surface area contributed by atoms with Gasteiger partial charge in [-0.25, -0.2) is 9.97 Å². The van der Waals surface area contributed by atoms with Crippen LogP contribution in [-0.2, 0) is 11.3 Å².